The molecule has 6 heteroatoms. The standard InChI is InChI=1S/C13H15BrN2O2S/c1-8-12(16-13(15)19-8)9-3-4-11(10(14)7-9)18-6-5-17-2/h3-4,7H,5-6H2,1-2H3,(H2,15,16). The van der Waals surface area contributed by atoms with Gasteiger partial charge in [-0.3, -0.25) is 0 Å². The van der Waals surface area contributed by atoms with E-state index in [1.54, 1.807) is 7.11 Å². The highest BCUT2D eigenvalue weighted by Crippen LogP contribution is 2.34. The zero-order valence-corrected chi connectivity index (χ0v) is 13.2. The second-order valence-electron chi connectivity index (χ2n) is 3.94. The van der Waals surface area contributed by atoms with Crippen LogP contribution in [-0.2, 0) is 4.74 Å². The van der Waals surface area contributed by atoms with Crippen molar-refractivity contribution in [3.63, 3.8) is 0 Å². The number of ether oxygens (including phenoxy) is 2. The first-order valence-corrected chi connectivity index (χ1v) is 7.37. The molecule has 102 valence electrons. The fourth-order valence-corrected chi connectivity index (χ4v) is 2.89. The van der Waals surface area contributed by atoms with E-state index in [9.17, 15) is 0 Å². The largest absolute Gasteiger partial charge is 0.490 e. The number of anilines is 1. The predicted octanol–water partition coefficient (Wildman–Crippen LogP) is 3.49. The molecule has 1 aromatic carbocycles. The van der Waals surface area contributed by atoms with Crippen LogP contribution in [0.15, 0.2) is 22.7 Å². The highest BCUT2D eigenvalue weighted by atomic mass is 79.9. The Labute approximate surface area is 124 Å². The van der Waals surface area contributed by atoms with Gasteiger partial charge in [0.15, 0.2) is 5.13 Å². The number of nitrogens with two attached hydrogens (primary N) is 1. The number of aromatic nitrogens is 1. The van der Waals surface area contributed by atoms with Crippen molar-refractivity contribution in [1.29, 1.82) is 0 Å². The Morgan fingerprint density at radius 2 is 2.16 bits per heavy atom. The van der Waals surface area contributed by atoms with Crippen molar-refractivity contribution >= 4 is 32.4 Å². The Bertz CT molecular complexity index is 572. The molecule has 4 nitrogen and oxygen atoms in total. The molecule has 0 atom stereocenters. The maximum absolute atomic E-state index is 5.72. The van der Waals surface area contributed by atoms with Gasteiger partial charge in [-0.2, -0.15) is 0 Å². The maximum Gasteiger partial charge on any atom is 0.180 e. The number of hydrogen-bond acceptors (Lipinski definition) is 5. The first-order valence-electron chi connectivity index (χ1n) is 5.76. The van der Waals surface area contributed by atoms with E-state index < -0.39 is 0 Å². The van der Waals surface area contributed by atoms with E-state index in [0.717, 1.165) is 26.4 Å². The minimum Gasteiger partial charge on any atom is -0.490 e. The van der Waals surface area contributed by atoms with Crippen molar-refractivity contribution in [3.05, 3.63) is 27.5 Å². The third-order valence-corrected chi connectivity index (χ3v) is 3.98. The number of aryl methyl sites for hydroxylation is 1. The molecule has 2 aromatic rings. The summed E-state index contributed by atoms with van der Waals surface area (Å²) in [7, 11) is 1.65. The molecular formula is C13H15BrN2O2S. The van der Waals surface area contributed by atoms with Crippen LogP contribution < -0.4 is 10.5 Å². The van der Waals surface area contributed by atoms with Crippen molar-refractivity contribution in [1.82, 2.24) is 4.98 Å². The van der Waals surface area contributed by atoms with Crippen LogP contribution >= 0.6 is 27.3 Å². The van der Waals surface area contributed by atoms with E-state index in [4.69, 9.17) is 15.2 Å². The molecule has 0 spiro atoms. The van der Waals surface area contributed by atoms with Crippen LogP contribution in [-0.4, -0.2) is 25.3 Å². The molecule has 0 radical (unpaired) electrons. The Balaban J connectivity index is 2.21. The molecule has 1 aromatic heterocycles. The molecule has 0 unspecified atom stereocenters. The fourth-order valence-electron chi connectivity index (χ4n) is 1.68. The van der Waals surface area contributed by atoms with Gasteiger partial charge in [-0.25, -0.2) is 4.98 Å². The van der Waals surface area contributed by atoms with E-state index in [1.807, 2.05) is 25.1 Å². The number of halogens is 1. The van der Waals surface area contributed by atoms with Crippen molar-refractivity contribution in [2.45, 2.75) is 6.92 Å². The van der Waals surface area contributed by atoms with Gasteiger partial charge in [0, 0.05) is 17.6 Å². The summed E-state index contributed by atoms with van der Waals surface area (Å²) >= 11 is 5.00. The lowest BCUT2D eigenvalue weighted by atomic mass is 10.1. The molecule has 19 heavy (non-hydrogen) atoms. The monoisotopic (exact) mass is 342 g/mol. The lowest BCUT2D eigenvalue weighted by Crippen LogP contribution is -2.04. The first-order chi connectivity index (χ1) is 9.11. The Morgan fingerprint density at radius 3 is 2.74 bits per heavy atom. The number of nitrogen functional groups attached to an aromatic ring is 1. The Morgan fingerprint density at radius 1 is 1.37 bits per heavy atom. The topological polar surface area (TPSA) is 57.4 Å². The second kappa shape index (κ2) is 6.36. The number of benzene rings is 1. The molecule has 0 aliphatic carbocycles. The normalized spacial score (nSPS) is 10.7. The van der Waals surface area contributed by atoms with E-state index in [0.29, 0.717) is 18.3 Å². The Hall–Kier alpha value is -1.11. The second-order valence-corrected chi connectivity index (χ2v) is 6.03. The number of hydrogen-bond donors (Lipinski definition) is 1. The van der Waals surface area contributed by atoms with Crippen molar-refractivity contribution < 1.29 is 9.47 Å². The number of rotatable bonds is 5. The molecular weight excluding hydrogens is 328 g/mol. The summed E-state index contributed by atoms with van der Waals surface area (Å²) in [6.45, 7) is 3.10. The van der Waals surface area contributed by atoms with E-state index >= 15 is 0 Å². The summed E-state index contributed by atoms with van der Waals surface area (Å²) in [6, 6.07) is 5.89. The molecule has 0 saturated carbocycles. The molecule has 0 aliphatic heterocycles. The summed E-state index contributed by atoms with van der Waals surface area (Å²) in [6.07, 6.45) is 0. The first kappa shape index (κ1) is 14.3. The molecule has 0 amide bonds. The van der Waals surface area contributed by atoms with E-state index in [1.165, 1.54) is 11.3 Å². The van der Waals surface area contributed by atoms with Gasteiger partial charge in [0.25, 0.3) is 0 Å². The summed E-state index contributed by atoms with van der Waals surface area (Å²) in [4.78, 5) is 5.45. The fraction of sp³-hybridized carbons (Fsp3) is 0.308. The van der Waals surface area contributed by atoms with Crippen molar-refractivity contribution in [2.75, 3.05) is 26.1 Å². The number of methoxy groups -OCH3 is 1. The zero-order valence-electron chi connectivity index (χ0n) is 10.8. The van der Waals surface area contributed by atoms with Gasteiger partial charge in [-0.05, 0) is 41.1 Å². The van der Waals surface area contributed by atoms with Crippen LogP contribution in [0.25, 0.3) is 11.3 Å². The average molecular weight is 343 g/mol. The van der Waals surface area contributed by atoms with Crippen molar-refractivity contribution in [2.24, 2.45) is 0 Å². The van der Waals surface area contributed by atoms with E-state index in [2.05, 4.69) is 20.9 Å². The van der Waals surface area contributed by atoms with Gasteiger partial charge in [0.1, 0.15) is 12.4 Å². The summed E-state index contributed by atoms with van der Waals surface area (Å²) in [5.41, 5.74) is 7.67. The van der Waals surface area contributed by atoms with Crippen LogP contribution in [0.3, 0.4) is 0 Å². The third-order valence-electron chi connectivity index (χ3n) is 2.56. The van der Waals surface area contributed by atoms with Gasteiger partial charge in [-0.1, -0.05) is 0 Å². The Kier molecular flexibility index (Phi) is 4.79. The van der Waals surface area contributed by atoms with Crippen LogP contribution in [0, 0.1) is 6.92 Å². The van der Waals surface area contributed by atoms with Crippen LogP contribution in [0.2, 0.25) is 0 Å². The SMILES string of the molecule is COCCOc1ccc(-c2nc(N)sc2C)cc1Br. The number of thiazole rings is 1. The zero-order chi connectivity index (χ0) is 13.8. The lowest BCUT2D eigenvalue weighted by Gasteiger charge is -2.09. The van der Waals surface area contributed by atoms with Crippen LogP contribution in [0.4, 0.5) is 5.13 Å². The van der Waals surface area contributed by atoms with Crippen LogP contribution in [0.1, 0.15) is 4.88 Å². The van der Waals surface area contributed by atoms with Gasteiger partial charge >= 0.3 is 0 Å². The van der Waals surface area contributed by atoms with Gasteiger partial charge < -0.3 is 15.2 Å². The predicted molar refractivity (Wildman–Crippen MR) is 81.8 cm³/mol. The minimum absolute atomic E-state index is 0.525. The molecule has 0 bridgehead atoms. The molecule has 0 fully saturated rings. The maximum atomic E-state index is 5.72. The molecule has 2 N–H and O–H groups in total. The molecule has 0 saturated heterocycles. The average Bonchev–Trinajstić information content (AvgIpc) is 2.71. The smallest absolute Gasteiger partial charge is 0.180 e. The van der Waals surface area contributed by atoms with Crippen molar-refractivity contribution in [3.8, 4) is 17.0 Å². The lowest BCUT2D eigenvalue weighted by molar-refractivity contribution is 0.146. The van der Waals surface area contributed by atoms with Gasteiger partial charge in [0.05, 0.1) is 16.8 Å². The van der Waals surface area contributed by atoms with E-state index in [-0.39, 0.29) is 0 Å². The summed E-state index contributed by atoms with van der Waals surface area (Å²) in [5.74, 6) is 0.793. The van der Waals surface area contributed by atoms with Crippen LogP contribution in [0.5, 0.6) is 5.75 Å². The highest BCUT2D eigenvalue weighted by Gasteiger charge is 2.10. The molecule has 1 heterocycles. The minimum atomic E-state index is 0.525. The number of nitrogens with zero attached hydrogens (tertiary/aromatic N) is 1. The summed E-state index contributed by atoms with van der Waals surface area (Å²) < 4.78 is 11.4. The summed E-state index contributed by atoms with van der Waals surface area (Å²) in [5, 5.41) is 0.587. The third kappa shape index (κ3) is 3.46. The quantitative estimate of drug-likeness (QED) is 0.845. The molecule has 0 aliphatic rings. The molecule has 2 rings (SSSR count). The highest BCUT2D eigenvalue weighted by molar-refractivity contribution is 9.10. The van der Waals surface area contributed by atoms with Gasteiger partial charge in [0.2, 0.25) is 0 Å². The van der Waals surface area contributed by atoms with Gasteiger partial charge in [-0.15, -0.1) is 11.3 Å².